The molecule has 0 aliphatic carbocycles. The van der Waals surface area contributed by atoms with Crippen molar-refractivity contribution in [2.45, 2.75) is 32.1 Å². The Bertz CT molecular complexity index is 1100. The van der Waals surface area contributed by atoms with Crippen LogP contribution in [0.3, 0.4) is 0 Å². The number of fused-ring (bicyclic) bond motifs is 1. The smallest absolute Gasteiger partial charge is 0.381 e. The van der Waals surface area contributed by atoms with Gasteiger partial charge in [0.1, 0.15) is 0 Å². The highest BCUT2D eigenvalue weighted by atomic mass is 19.4. The molecule has 1 unspecified atom stereocenters. The lowest BCUT2D eigenvalue weighted by Gasteiger charge is -2.32. The fourth-order valence-electron chi connectivity index (χ4n) is 4.91. The number of nitrogens with zero attached hydrogens (tertiary/aromatic N) is 2. The van der Waals surface area contributed by atoms with Crippen molar-refractivity contribution in [1.29, 1.82) is 0 Å². The summed E-state index contributed by atoms with van der Waals surface area (Å²) in [6.45, 7) is 2.76. The quantitative estimate of drug-likeness (QED) is 0.533. The van der Waals surface area contributed by atoms with E-state index >= 15 is 0 Å². The summed E-state index contributed by atoms with van der Waals surface area (Å²) < 4.78 is 45.8. The van der Waals surface area contributed by atoms with Crippen molar-refractivity contribution in [2.24, 2.45) is 5.92 Å². The van der Waals surface area contributed by atoms with E-state index in [0.717, 1.165) is 29.3 Å². The summed E-state index contributed by atoms with van der Waals surface area (Å²) in [5.41, 5.74) is 2.24. The second-order valence-electron chi connectivity index (χ2n) is 9.44. The van der Waals surface area contributed by atoms with Gasteiger partial charge in [0.2, 0.25) is 11.8 Å². The molecule has 37 heavy (non-hydrogen) atoms. The molecule has 2 amide bonds. The van der Waals surface area contributed by atoms with Crippen LogP contribution in [0.1, 0.15) is 28.7 Å². The van der Waals surface area contributed by atoms with Gasteiger partial charge in [0.25, 0.3) is 0 Å². The Hall–Kier alpha value is -3.11. The number of amides is 2. The molecule has 2 aromatic rings. The second kappa shape index (κ2) is 12.0. The van der Waals surface area contributed by atoms with Gasteiger partial charge in [-0.05, 0) is 48.7 Å². The van der Waals surface area contributed by atoms with E-state index in [1.165, 1.54) is 17.0 Å². The monoisotopic (exact) mass is 518 g/mol. The Morgan fingerprint density at radius 1 is 1.16 bits per heavy atom. The summed E-state index contributed by atoms with van der Waals surface area (Å²) in [6, 6.07) is 11.1. The zero-order valence-electron chi connectivity index (χ0n) is 20.9. The molecule has 4 rings (SSSR count). The van der Waals surface area contributed by atoms with E-state index in [1.807, 2.05) is 23.1 Å². The molecule has 2 N–H and O–H groups in total. The van der Waals surface area contributed by atoms with E-state index < -0.39 is 11.7 Å². The summed E-state index contributed by atoms with van der Waals surface area (Å²) in [5, 5.41) is 6.16. The van der Waals surface area contributed by atoms with Gasteiger partial charge in [-0.1, -0.05) is 30.3 Å². The molecule has 2 aliphatic heterocycles. The van der Waals surface area contributed by atoms with Crippen LogP contribution in [0.5, 0.6) is 0 Å². The highest BCUT2D eigenvalue weighted by Gasteiger charge is 2.34. The third-order valence-electron chi connectivity index (χ3n) is 6.96. The first-order chi connectivity index (χ1) is 17.8. The summed E-state index contributed by atoms with van der Waals surface area (Å²) >= 11 is 0. The molecular weight excluding hydrogens is 485 g/mol. The molecule has 7 nitrogen and oxygen atoms in total. The first-order valence-electron chi connectivity index (χ1n) is 12.6. The maximum absolute atomic E-state index is 13.5. The van der Waals surface area contributed by atoms with Gasteiger partial charge >= 0.3 is 6.18 Å². The van der Waals surface area contributed by atoms with Crippen molar-refractivity contribution < 1.29 is 27.5 Å². The van der Waals surface area contributed by atoms with E-state index in [0.29, 0.717) is 39.3 Å². The number of rotatable bonds is 9. The molecule has 0 bridgehead atoms. The molecule has 10 heteroatoms. The maximum Gasteiger partial charge on any atom is 0.416 e. The van der Waals surface area contributed by atoms with Gasteiger partial charge < -0.3 is 25.2 Å². The summed E-state index contributed by atoms with van der Waals surface area (Å²) in [4.78, 5) is 29.3. The van der Waals surface area contributed by atoms with Crippen LogP contribution in [0.4, 0.5) is 18.9 Å². The molecule has 1 atom stereocenters. The van der Waals surface area contributed by atoms with E-state index in [4.69, 9.17) is 4.74 Å². The Morgan fingerprint density at radius 2 is 1.97 bits per heavy atom. The van der Waals surface area contributed by atoms with Crippen LogP contribution in [0.15, 0.2) is 42.5 Å². The summed E-state index contributed by atoms with van der Waals surface area (Å²) in [7, 11) is 1.73. The number of halogens is 3. The van der Waals surface area contributed by atoms with Crippen LogP contribution < -0.4 is 10.6 Å². The lowest BCUT2D eigenvalue weighted by molar-refractivity contribution is -0.139. The lowest BCUT2D eigenvalue weighted by Crippen LogP contribution is -2.41. The Labute approximate surface area is 215 Å². The first kappa shape index (κ1) is 26.9. The topological polar surface area (TPSA) is 73.9 Å². The van der Waals surface area contributed by atoms with Gasteiger partial charge in [-0.2, -0.15) is 13.2 Å². The largest absolute Gasteiger partial charge is 0.416 e. The number of carbonyl (C=O) groups is 2. The minimum atomic E-state index is -4.49. The molecule has 0 spiro atoms. The fourth-order valence-corrected chi connectivity index (χ4v) is 4.91. The minimum absolute atomic E-state index is 0.0452. The average molecular weight is 519 g/mol. The van der Waals surface area contributed by atoms with Gasteiger partial charge in [0, 0.05) is 45.0 Å². The van der Waals surface area contributed by atoms with Crippen LogP contribution in [-0.2, 0) is 40.0 Å². The van der Waals surface area contributed by atoms with Gasteiger partial charge in [-0.15, -0.1) is 0 Å². The number of hydrogen-bond donors (Lipinski definition) is 2. The second-order valence-corrected chi connectivity index (χ2v) is 9.44. The SMILES string of the molecule is CNCCN(Cc1ccccc1C(F)(F)F)C(=O)CNc1cccc2c1CCN(C(=O)C1CCOC1)C2. The number of ether oxygens (including phenoxy) is 1. The maximum atomic E-state index is 13.5. The highest BCUT2D eigenvalue weighted by molar-refractivity contribution is 5.82. The molecule has 0 saturated carbocycles. The molecule has 2 aliphatic rings. The van der Waals surface area contributed by atoms with Crippen molar-refractivity contribution in [3.05, 3.63) is 64.7 Å². The Kier molecular flexibility index (Phi) is 8.71. The van der Waals surface area contributed by atoms with Crippen molar-refractivity contribution in [3.63, 3.8) is 0 Å². The number of hydrogen-bond acceptors (Lipinski definition) is 5. The third kappa shape index (κ3) is 6.61. The predicted molar refractivity (Wildman–Crippen MR) is 134 cm³/mol. The van der Waals surface area contributed by atoms with Gasteiger partial charge in [-0.3, -0.25) is 9.59 Å². The number of likely N-dealkylation sites (N-methyl/N-ethyl adjacent to an activating group) is 1. The van der Waals surface area contributed by atoms with Crippen LogP contribution >= 0.6 is 0 Å². The number of nitrogens with one attached hydrogen (secondary N) is 2. The zero-order valence-corrected chi connectivity index (χ0v) is 20.9. The van der Waals surface area contributed by atoms with Gasteiger partial charge in [0.05, 0.1) is 24.6 Å². The van der Waals surface area contributed by atoms with Gasteiger partial charge in [0.15, 0.2) is 0 Å². The third-order valence-corrected chi connectivity index (χ3v) is 6.96. The average Bonchev–Trinajstić information content (AvgIpc) is 3.43. The van der Waals surface area contributed by atoms with Crippen LogP contribution in [0.25, 0.3) is 0 Å². The van der Waals surface area contributed by atoms with E-state index in [1.54, 1.807) is 13.1 Å². The summed E-state index contributed by atoms with van der Waals surface area (Å²) in [5.74, 6) is -0.249. The molecule has 2 heterocycles. The Morgan fingerprint density at radius 3 is 2.70 bits per heavy atom. The first-order valence-corrected chi connectivity index (χ1v) is 12.6. The number of anilines is 1. The normalized spacial score (nSPS) is 17.4. The zero-order chi connectivity index (χ0) is 26.4. The predicted octanol–water partition coefficient (Wildman–Crippen LogP) is 3.29. The number of carbonyl (C=O) groups excluding carboxylic acids is 2. The van der Waals surface area contributed by atoms with Crippen LogP contribution in [0, 0.1) is 5.92 Å². The molecule has 1 saturated heterocycles. The molecule has 1 fully saturated rings. The molecule has 0 aromatic heterocycles. The van der Waals surface area contributed by atoms with E-state index in [2.05, 4.69) is 10.6 Å². The standard InChI is InChI=1S/C27H33F3N4O3/c1-31-11-13-33(17-20-5-2-3-7-23(20)27(28,29)30)25(35)15-32-24-8-4-6-19-16-34(12-9-22(19)24)26(36)21-10-14-37-18-21/h2-8,21,31-32H,9-18H2,1H3. The number of alkyl halides is 3. The van der Waals surface area contributed by atoms with Crippen molar-refractivity contribution in [3.8, 4) is 0 Å². The highest BCUT2D eigenvalue weighted by Crippen LogP contribution is 2.32. The van der Waals surface area contributed by atoms with Crippen LogP contribution in [-0.4, -0.2) is 68.1 Å². The number of benzene rings is 2. The summed E-state index contributed by atoms with van der Waals surface area (Å²) in [6.07, 6.45) is -3.08. The lowest BCUT2D eigenvalue weighted by atomic mass is 9.96. The molecule has 0 radical (unpaired) electrons. The Balaban J connectivity index is 1.42. The van der Waals surface area contributed by atoms with Crippen molar-refractivity contribution in [2.75, 3.05) is 51.8 Å². The molecular formula is C27H33F3N4O3. The van der Waals surface area contributed by atoms with Gasteiger partial charge in [-0.25, -0.2) is 0 Å². The van der Waals surface area contributed by atoms with Crippen molar-refractivity contribution in [1.82, 2.24) is 15.1 Å². The van der Waals surface area contributed by atoms with E-state index in [-0.39, 0.29) is 42.9 Å². The van der Waals surface area contributed by atoms with Crippen molar-refractivity contribution >= 4 is 17.5 Å². The molecule has 200 valence electrons. The molecule has 2 aromatic carbocycles. The minimum Gasteiger partial charge on any atom is -0.381 e. The van der Waals surface area contributed by atoms with Crippen LogP contribution in [0.2, 0.25) is 0 Å². The fraction of sp³-hybridized carbons (Fsp3) is 0.481. The van der Waals surface area contributed by atoms with E-state index in [9.17, 15) is 22.8 Å².